The van der Waals surface area contributed by atoms with Crippen LogP contribution in [0.4, 0.5) is 0 Å². The van der Waals surface area contributed by atoms with Crippen LogP contribution in [-0.2, 0) is 40.5 Å². The molecule has 1 saturated heterocycles. The van der Waals surface area contributed by atoms with E-state index in [-0.39, 0.29) is 136 Å². The number of aldehydes is 1. The molecule has 1 unspecified atom stereocenters. The second kappa shape index (κ2) is 35.3. The van der Waals surface area contributed by atoms with E-state index in [9.17, 15) is 56.7 Å². The first-order valence-corrected chi connectivity index (χ1v) is 24.2. The molecule has 23 nitrogen and oxygen atoms in total. The number of rotatable bonds is 18. The van der Waals surface area contributed by atoms with Crippen molar-refractivity contribution in [3.8, 4) is 0 Å². The van der Waals surface area contributed by atoms with E-state index in [2.05, 4.69) is 55.1 Å². The molecule has 0 radical (unpaired) electrons. The number of carbonyl (C=O) groups excluding carboxylic acids is 1. The SMILES string of the molecule is CCCCCCCN=C(N)NC(N)=NC.CCCCCCCN=C1NC(=NC)NC(c2ccc(S(=O)(=O)[O-])cc2S(=O)(=O)[O-])N1.O=Cc1ccc(S(=O)(=O)[O-])cc1S(=O)(=O)[O-].[Na+].[Na+].[Na+].[Na+]. The molecule has 0 amide bonds. The van der Waals surface area contributed by atoms with Crippen molar-refractivity contribution >= 4 is 70.6 Å². The van der Waals surface area contributed by atoms with Crippen LogP contribution >= 0.6 is 0 Å². The second-order valence-corrected chi connectivity index (χ2v) is 18.3. The first-order chi connectivity index (χ1) is 28.4. The van der Waals surface area contributed by atoms with E-state index in [1.54, 1.807) is 7.05 Å². The number of benzene rings is 2. The van der Waals surface area contributed by atoms with Crippen LogP contribution in [0.1, 0.15) is 100 Å². The predicted molar refractivity (Wildman–Crippen MR) is 223 cm³/mol. The molecule has 1 aliphatic heterocycles. The molecule has 3 rings (SSSR count). The molecule has 1 heterocycles. The van der Waals surface area contributed by atoms with Gasteiger partial charge in [-0.2, -0.15) is 0 Å². The summed E-state index contributed by atoms with van der Waals surface area (Å²) in [7, 11) is -16.8. The Morgan fingerprint density at radius 2 is 1.11 bits per heavy atom. The molecule has 1 fully saturated rings. The first kappa shape index (κ1) is 70.8. The van der Waals surface area contributed by atoms with Gasteiger partial charge in [0.2, 0.25) is 0 Å². The van der Waals surface area contributed by atoms with Crippen molar-refractivity contribution in [1.82, 2.24) is 21.3 Å². The van der Waals surface area contributed by atoms with E-state index in [1.165, 1.54) is 32.7 Å². The van der Waals surface area contributed by atoms with Gasteiger partial charge < -0.3 is 40.3 Å². The first-order valence-electron chi connectivity index (χ1n) is 18.6. The Morgan fingerprint density at radius 1 is 0.646 bits per heavy atom. The van der Waals surface area contributed by atoms with Crippen molar-refractivity contribution in [2.75, 3.05) is 27.2 Å². The van der Waals surface area contributed by atoms with Crippen LogP contribution in [0.5, 0.6) is 0 Å². The average Bonchev–Trinajstić information content (AvgIpc) is 3.19. The summed E-state index contributed by atoms with van der Waals surface area (Å²) < 4.78 is 133. The molecule has 344 valence electrons. The Labute approximate surface area is 470 Å². The van der Waals surface area contributed by atoms with E-state index in [0.717, 1.165) is 69.3 Å². The van der Waals surface area contributed by atoms with Crippen LogP contribution in [0.25, 0.3) is 0 Å². The molecule has 0 aliphatic carbocycles. The van der Waals surface area contributed by atoms with E-state index < -0.39 is 71.8 Å². The molecule has 2 aromatic carbocycles. The summed E-state index contributed by atoms with van der Waals surface area (Å²) >= 11 is 0. The van der Waals surface area contributed by atoms with Crippen LogP contribution in [0.3, 0.4) is 0 Å². The third kappa shape index (κ3) is 28.5. The van der Waals surface area contributed by atoms with Crippen molar-refractivity contribution < 1.29 is 175 Å². The third-order valence-electron chi connectivity index (χ3n) is 8.12. The zero-order valence-corrected chi connectivity index (χ0v) is 49.3. The summed E-state index contributed by atoms with van der Waals surface area (Å²) in [4.78, 5) is 23.1. The molecule has 1 aliphatic rings. The quantitative estimate of drug-likeness (QED) is 0.0202. The molecule has 0 saturated carbocycles. The van der Waals surface area contributed by atoms with Crippen molar-refractivity contribution in [2.24, 2.45) is 31.4 Å². The number of nitrogens with zero attached hydrogens (tertiary/aromatic N) is 4. The minimum Gasteiger partial charge on any atom is -0.744 e. The Kier molecular flexibility index (Phi) is 38.5. The predicted octanol–water partition coefficient (Wildman–Crippen LogP) is -11.3. The molecular weight excluding hydrogens is 977 g/mol. The van der Waals surface area contributed by atoms with E-state index in [4.69, 9.17) is 11.5 Å². The normalized spacial score (nSPS) is 15.2. The minimum atomic E-state index is -5.07. The van der Waals surface area contributed by atoms with E-state index >= 15 is 0 Å². The fraction of sp³-hybridized carbons (Fsp3) is 0.500. The van der Waals surface area contributed by atoms with Gasteiger partial charge in [0, 0.05) is 38.3 Å². The minimum absolute atomic E-state index is 0. The van der Waals surface area contributed by atoms with Gasteiger partial charge >= 0.3 is 118 Å². The molecule has 8 N–H and O–H groups in total. The average molecular weight is 1030 g/mol. The summed E-state index contributed by atoms with van der Waals surface area (Å²) in [6, 6.07) is 4.52. The summed E-state index contributed by atoms with van der Waals surface area (Å²) in [5, 5.41) is 11.4. The van der Waals surface area contributed by atoms with Crippen molar-refractivity contribution in [2.45, 2.75) is 104 Å². The zero-order chi connectivity index (χ0) is 46.4. The summed E-state index contributed by atoms with van der Waals surface area (Å²) in [6.45, 7) is 5.61. The number of aliphatic imine (C=N–C) groups is 4. The summed E-state index contributed by atoms with van der Waals surface area (Å²) in [5.41, 5.74) is 10.4. The summed E-state index contributed by atoms with van der Waals surface area (Å²) in [6.07, 6.45) is 10.6. The van der Waals surface area contributed by atoms with E-state index in [1.807, 2.05) is 0 Å². The summed E-state index contributed by atoms with van der Waals surface area (Å²) in [5.74, 6) is 1.23. The molecule has 2 aromatic rings. The van der Waals surface area contributed by atoms with Gasteiger partial charge in [-0.05, 0) is 43.2 Å². The maximum Gasteiger partial charge on any atom is 1.00 e. The maximum absolute atomic E-state index is 11.7. The van der Waals surface area contributed by atoms with Gasteiger partial charge in [0.25, 0.3) is 0 Å². The van der Waals surface area contributed by atoms with Gasteiger partial charge in [-0.25, -0.2) is 33.7 Å². The number of guanidine groups is 4. The monoisotopic (exact) mass is 1030 g/mol. The number of nitrogens with two attached hydrogens (primary N) is 2. The topological polar surface area (TPSA) is 395 Å². The van der Waals surface area contributed by atoms with Crippen LogP contribution in [-0.4, -0.2) is 109 Å². The van der Waals surface area contributed by atoms with Crippen LogP contribution < -0.4 is 151 Å². The molecule has 0 bridgehead atoms. The standard InChI is InChI=1S/C17H27N5O6S2.C10H23N5.C7H6O7S2.4Na/c1-3-4-5-6-7-10-19-17-21-15(20-16(18-2)22-17)13-9-8-12(29(23,24)25)11-14(13)30(26,27)28;1-3-4-5-6-7-8-14-10(12)15-9(11)13-2;8-4-5-1-2-6(15(9,10)11)3-7(5)16(12,13)14;;;;/h8-9,11,15H,3-7,10H2,1-2H3,(H,23,24,25)(H,26,27,28)(H3,18,19,20,21,22);3-8H2,1-2H3,(H5,11,12,13,14,15);1-4H,(H,9,10,11)(H,12,13,14);;;;/q;;;4*+1/p-4. The van der Waals surface area contributed by atoms with Gasteiger partial charge in [0.1, 0.15) is 46.6 Å². The van der Waals surface area contributed by atoms with Gasteiger partial charge in [-0.15, -0.1) is 0 Å². The van der Waals surface area contributed by atoms with E-state index in [0.29, 0.717) is 36.6 Å². The molecule has 1 atom stereocenters. The number of carbonyl (C=O) groups is 1. The maximum atomic E-state index is 11.7. The van der Waals surface area contributed by atoms with Gasteiger partial charge in [-0.3, -0.25) is 35.4 Å². The van der Waals surface area contributed by atoms with Crippen LogP contribution in [0.2, 0.25) is 0 Å². The number of hydrogen-bond acceptors (Lipinski definition) is 17. The third-order valence-corrected chi connectivity index (χ3v) is 11.6. The van der Waals surface area contributed by atoms with Crippen LogP contribution in [0, 0.1) is 0 Å². The fourth-order valence-corrected chi connectivity index (χ4v) is 7.58. The fourth-order valence-electron chi connectivity index (χ4n) is 5.01. The van der Waals surface area contributed by atoms with Crippen molar-refractivity contribution in [3.05, 3.63) is 47.5 Å². The van der Waals surface area contributed by atoms with Crippen LogP contribution in [0.15, 0.2) is 75.9 Å². The molecule has 31 heteroatoms. The largest absolute Gasteiger partial charge is 1.00 e. The Hall–Kier alpha value is -0.770. The zero-order valence-electron chi connectivity index (χ0n) is 38.0. The van der Waals surface area contributed by atoms with Gasteiger partial charge in [-0.1, -0.05) is 71.3 Å². The van der Waals surface area contributed by atoms with Gasteiger partial charge in [0.15, 0.2) is 30.1 Å². The molecule has 0 aromatic heterocycles. The Balaban J connectivity index is -0.000000455. The smallest absolute Gasteiger partial charge is 0.744 e. The molecular formula is C34H52N10Na4O13S4. The van der Waals surface area contributed by atoms with Crippen molar-refractivity contribution in [1.29, 1.82) is 0 Å². The van der Waals surface area contributed by atoms with Gasteiger partial charge in [0.05, 0.1) is 19.6 Å². The number of unbranched alkanes of at least 4 members (excludes halogenated alkanes) is 8. The van der Waals surface area contributed by atoms with Crippen molar-refractivity contribution in [3.63, 3.8) is 0 Å². The second-order valence-electron chi connectivity index (χ2n) is 12.8. The number of nitrogens with one attached hydrogen (secondary N) is 4. The Bertz CT molecular complexity index is 2360. The Morgan fingerprint density at radius 3 is 1.55 bits per heavy atom. The molecule has 65 heavy (non-hydrogen) atoms. The molecule has 0 spiro atoms. The number of hydrogen-bond donors (Lipinski definition) is 6.